The molecule has 0 heterocycles. The van der Waals surface area contributed by atoms with E-state index >= 15 is 0 Å². The average molecular weight is 249 g/mol. The number of nitrogens with one attached hydrogen (secondary N) is 1. The van der Waals surface area contributed by atoms with Crippen LogP contribution >= 0.6 is 11.6 Å². The minimum Gasteiger partial charge on any atom is -0.464 e. The molecule has 1 rings (SSSR count). The maximum Gasteiger partial charge on any atom is 0.370 e. The van der Waals surface area contributed by atoms with Crippen LogP contribution in [0.15, 0.2) is 23.3 Å². The van der Waals surface area contributed by atoms with Crippen molar-refractivity contribution in [2.45, 2.75) is 0 Å². The van der Waals surface area contributed by atoms with Crippen molar-refractivity contribution in [3.63, 3.8) is 0 Å². The van der Waals surface area contributed by atoms with Crippen LogP contribution in [-0.4, -0.2) is 18.2 Å². The van der Waals surface area contributed by atoms with Gasteiger partial charge in [0.25, 0.3) is 0 Å². The number of nitrogens with zero attached hydrogens (tertiary/aromatic N) is 1. The fourth-order valence-electron chi connectivity index (χ4n) is 0.822. The van der Waals surface area contributed by atoms with Crippen LogP contribution in [0.25, 0.3) is 0 Å². The number of esters is 1. The highest BCUT2D eigenvalue weighted by Crippen LogP contribution is 2.15. The van der Waals surface area contributed by atoms with Crippen LogP contribution in [0.4, 0.5) is 14.5 Å². The number of hydrogen-bond donors (Lipinski definition) is 1. The van der Waals surface area contributed by atoms with Gasteiger partial charge in [0.05, 0.1) is 12.8 Å². The number of benzene rings is 1. The second-order valence-electron chi connectivity index (χ2n) is 2.63. The number of rotatable bonds is 3. The van der Waals surface area contributed by atoms with Gasteiger partial charge in [-0.3, -0.25) is 5.43 Å². The molecule has 7 heteroatoms. The van der Waals surface area contributed by atoms with Crippen molar-refractivity contribution in [1.82, 2.24) is 0 Å². The molecule has 0 bridgehead atoms. The molecule has 16 heavy (non-hydrogen) atoms. The van der Waals surface area contributed by atoms with Crippen molar-refractivity contribution in [1.29, 1.82) is 0 Å². The summed E-state index contributed by atoms with van der Waals surface area (Å²) in [7, 11) is 1.11. The summed E-state index contributed by atoms with van der Waals surface area (Å²) < 4.78 is 30.0. The Bertz CT molecular complexity index is 438. The smallest absolute Gasteiger partial charge is 0.370 e. The molecular weight excluding hydrogens is 242 g/mol. The van der Waals surface area contributed by atoms with E-state index in [-0.39, 0.29) is 5.69 Å². The van der Waals surface area contributed by atoms with Crippen molar-refractivity contribution in [3.8, 4) is 0 Å². The maximum atomic E-state index is 13.0. The second-order valence-corrected chi connectivity index (χ2v) is 2.99. The Kier molecular flexibility index (Phi) is 4.19. The summed E-state index contributed by atoms with van der Waals surface area (Å²) in [5.41, 5.74) is 1.87. The van der Waals surface area contributed by atoms with Crippen LogP contribution in [0.5, 0.6) is 0 Å². The van der Waals surface area contributed by atoms with E-state index in [9.17, 15) is 13.6 Å². The fourth-order valence-corrected chi connectivity index (χ4v) is 0.942. The molecule has 0 amide bonds. The van der Waals surface area contributed by atoms with Gasteiger partial charge in [0.2, 0.25) is 5.17 Å². The first-order valence-corrected chi connectivity index (χ1v) is 4.45. The van der Waals surface area contributed by atoms with Crippen LogP contribution < -0.4 is 5.43 Å². The summed E-state index contributed by atoms with van der Waals surface area (Å²) in [6.45, 7) is 0. The normalized spacial score (nSPS) is 11.1. The SMILES string of the molecule is COC(=O)C(Cl)=NNc1cc(F)ccc1F. The van der Waals surface area contributed by atoms with Gasteiger partial charge in [-0.25, -0.2) is 13.6 Å². The zero-order valence-corrected chi connectivity index (χ0v) is 8.89. The maximum absolute atomic E-state index is 13.0. The molecule has 0 saturated heterocycles. The standard InChI is InChI=1S/C9H7ClF2N2O2/c1-16-9(15)8(10)14-13-7-4-5(11)2-3-6(7)12/h2-4,13H,1H3. The van der Waals surface area contributed by atoms with Crippen LogP contribution in [0.1, 0.15) is 0 Å². The molecule has 1 aromatic carbocycles. The molecule has 0 aliphatic heterocycles. The number of carbonyl (C=O) groups is 1. The topological polar surface area (TPSA) is 50.7 Å². The Balaban J connectivity index is 2.81. The summed E-state index contributed by atoms with van der Waals surface area (Å²) in [5.74, 6) is -2.25. The zero-order chi connectivity index (χ0) is 12.1. The van der Waals surface area contributed by atoms with Gasteiger partial charge < -0.3 is 4.74 Å². The minimum atomic E-state index is -0.883. The van der Waals surface area contributed by atoms with E-state index in [0.717, 1.165) is 25.3 Å². The van der Waals surface area contributed by atoms with Crippen molar-refractivity contribution in [3.05, 3.63) is 29.8 Å². The van der Waals surface area contributed by atoms with E-state index < -0.39 is 22.8 Å². The third-order valence-electron chi connectivity index (χ3n) is 1.56. The van der Waals surface area contributed by atoms with Gasteiger partial charge >= 0.3 is 5.97 Å². The first-order chi connectivity index (χ1) is 7.54. The number of carbonyl (C=O) groups excluding carboxylic acids is 1. The summed E-state index contributed by atoms with van der Waals surface area (Å²) in [4.78, 5) is 10.8. The molecule has 0 fully saturated rings. The highest BCUT2D eigenvalue weighted by Gasteiger charge is 2.08. The first kappa shape index (κ1) is 12.4. The number of halogens is 3. The Morgan fingerprint density at radius 1 is 1.50 bits per heavy atom. The van der Waals surface area contributed by atoms with Gasteiger partial charge in [0.15, 0.2) is 0 Å². The Morgan fingerprint density at radius 3 is 2.81 bits per heavy atom. The minimum absolute atomic E-state index is 0.234. The summed E-state index contributed by atoms with van der Waals surface area (Å²) >= 11 is 5.37. The summed E-state index contributed by atoms with van der Waals surface area (Å²) in [6, 6.07) is 2.74. The molecule has 4 nitrogen and oxygen atoms in total. The number of hydrazone groups is 1. The molecule has 1 aromatic rings. The van der Waals surface area contributed by atoms with Gasteiger partial charge in [0, 0.05) is 6.07 Å². The predicted molar refractivity (Wildman–Crippen MR) is 55.3 cm³/mol. The molecule has 0 aliphatic rings. The number of ether oxygens (including phenoxy) is 1. The van der Waals surface area contributed by atoms with E-state index in [4.69, 9.17) is 11.6 Å². The van der Waals surface area contributed by atoms with Gasteiger partial charge in [-0.05, 0) is 12.1 Å². The van der Waals surface area contributed by atoms with Crippen molar-refractivity contribution in [2.24, 2.45) is 5.10 Å². The molecule has 0 unspecified atom stereocenters. The molecule has 1 N–H and O–H groups in total. The van der Waals surface area contributed by atoms with Gasteiger partial charge in [-0.15, -0.1) is 0 Å². The lowest BCUT2D eigenvalue weighted by molar-refractivity contribution is -0.132. The molecule has 0 saturated carbocycles. The van der Waals surface area contributed by atoms with E-state index in [1.807, 2.05) is 0 Å². The highest BCUT2D eigenvalue weighted by atomic mass is 35.5. The molecule has 0 radical (unpaired) electrons. The first-order valence-electron chi connectivity index (χ1n) is 4.07. The summed E-state index contributed by atoms with van der Waals surface area (Å²) in [6.07, 6.45) is 0. The van der Waals surface area contributed by atoms with E-state index in [1.165, 1.54) is 0 Å². The Morgan fingerprint density at radius 2 is 2.19 bits per heavy atom. The van der Waals surface area contributed by atoms with Crippen molar-refractivity contribution >= 4 is 28.4 Å². The molecule has 0 aliphatic carbocycles. The van der Waals surface area contributed by atoms with Crippen LogP contribution in [0.3, 0.4) is 0 Å². The predicted octanol–water partition coefficient (Wildman–Crippen LogP) is 2.10. The van der Waals surface area contributed by atoms with Crippen molar-refractivity contribution < 1.29 is 18.3 Å². The lowest BCUT2D eigenvalue weighted by Gasteiger charge is -2.02. The third kappa shape index (κ3) is 3.16. The Labute approximate surface area is 94.9 Å². The quantitative estimate of drug-likeness (QED) is 0.506. The zero-order valence-electron chi connectivity index (χ0n) is 8.13. The summed E-state index contributed by atoms with van der Waals surface area (Å²) in [5, 5.41) is 2.80. The van der Waals surface area contributed by atoms with Gasteiger partial charge in [-0.1, -0.05) is 11.6 Å². The largest absolute Gasteiger partial charge is 0.464 e. The third-order valence-corrected chi connectivity index (χ3v) is 1.80. The van der Waals surface area contributed by atoms with E-state index in [0.29, 0.717) is 0 Å². The van der Waals surface area contributed by atoms with Crippen LogP contribution in [0.2, 0.25) is 0 Å². The monoisotopic (exact) mass is 248 g/mol. The second kappa shape index (κ2) is 5.41. The van der Waals surface area contributed by atoms with E-state index in [1.54, 1.807) is 0 Å². The lowest BCUT2D eigenvalue weighted by atomic mass is 10.3. The molecular formula is C9H7ClF2N2O2. The van der Waals surface area contributed by atoms with Crippen LogP contribution in [0, 0.1) is 11.6 Å². The number of methoxy groups -OCH3 is 1. The van der Waals surface area contributed by atoms with Gasteiger partial charge in [-0.2, -0.15) is 5.10 Å². The molecule has 0 atom stereocenters. The average Bonchev–Trinajstić information content (AvgIpc) is 2.28. The molecule has 0 aromatic heterocycles. The number of anilines is 1. The number of hydrogen-bond acceptors (Lipinski definition) is 4. The Hall–Kier alpha value is -1.69. The molecule has 86 valence electrons. The fraction of sp³-hybridized carbons (Fsp3) is 0.111. The lowest BCUT2D eigenvalue weighted by Crippen LogP contribution is -2.11. The van der Waals surface area contributed by atoms with E-state index in [2.05, 4.69) is 15.3 Å². The highest BCUT2D eigenvalue weighted by molar-refractivity contribution is 6.82. The van der Waals surface area contributed by atoms with Crippen molar-refractivity contribution in [2.75, 3.05) is 12.5 Å². The van der Waals surface area contributed by atoms with Gasteiger partial charge in [0.1, 0.15) is 11.6 Å². The molecule has 0 spiro atoms. The van der Waals surface area contributed by atoms with Crippen LogP contribution in [-0.2, 0) is 9.53 Å².